The molecular formula is C13H16BrClFN. The van der Waals surface area contributed by atoms with Crippen LogP contribution in [0.5, 0.6) is 0 Å². The summed E-state index contributed by atoms with van der Waals surface area (Å²) in [6, 6.07) is 3.25. The van der Waals surface area contributed by atoms with E-state index in [1.165, 1.54) is 37.8 Å². The van der Waals surface area contributed by atoms with Crippen molar-refractivity contribution in [2.75, 3.05) is 5.32 Å². The van der Waals surface area contributed by atoms with Gasteiger partial charge in [0.25, 0.3) is 0 Å². The average molecular weight is 321 g/mol. The van der Waals surface area contributed by atoms with Crippen LogP contribution in [0, 0.1) is 11.7 Å². The van der Waals surface area contributed by atoms with Crippen molar-refractivity contribution in [2.24, 2.45) is 5.92 Å². The Hall–Kier alpha value is -0.280. The third-order valence-electron chi connectivity index (χ3n) is 3.47. The van der Waals surface area contributed by atoms with Crippen LogP contribution in [0.3, 0.4) is 0 Å². The Bertz CT molecular complexity index is 387. The average Bonchev–Trinajstić information content (AvgIpc) is 2.71. The first-order chi connectivity index (χ1) is 8.10. The minimum atomic E-state index is -0.315. The van der Waals surface area contributed by atoms with E-state index in [9.17, 15) is 4.39 Å². The summed E-state index contributed by atoms with van der Waals surface area (Å²) in [7, 11) is 0. The summed E-state index contributed by atoms with van der Waals surface area (Å²) in [6.45, 7) is 2.23. The van der Waals surface area contributed by atoms with Gasteiger partial charge >= 0.3 is 0 Å². The van der Waals surface area contributed by atoms with Gasteiger partial charge in [0.15, 0.2) is 0 Å². The van der Waals surface area contributed by atoms with E-state index in [0.29, 0.717) is 15.5 Å². The second-order valence-corrected chi connectivity index (χ2v) is 5.93. The summed E-state index contributed by atoms with van der Waals surface area (Å²) in [5.41, 5.74) is 0.815. The third kappa shape index (κ3) is 3.14. The van der Waals surface area contributed by atoms with Crippen molar-refractivity contribution < 1.29 is 4.39 Å². The first kappa shape index (κ1) is 13.2. The fraction of sp³-hybridized carbons (Fsp3) is 0.538. The molecule has 1 aromatic rings. The lowest BCUT2D eigenvalue weighted by Gasteiger charge is -2.17. The van der Waals surface area contributed by atoms with Crippen LogP contribution < -0.4 is 5.32 Å². The van der Waals surface area contributed by atoms with Gasteiger partial charge in [0, 0.05) is 10.5 Å². The van der Waals surface area contributed by atoms with Gasteiger partial charge in [-0.15, -0.1) is 0 Å². The normalized spacial score (nSPS) is 24.0. The summed E-state index contributed by atoms with van der Waals surface area (Å²) in [4.78, 5) is 0. The Morgan fingerprint density at radius 3 is 2.82 bits per heavy atom. The van der Waals surface area contributed by atoms with Crippen LogP contribution >= 0.6 is 27.5 Å². The number of halogens is 3. The predicted octanol–water partition coefficient (Wildman–Crippen LogP) is 5.23. The zero-order valence-electron chi connectivity index (χ0n) is 9.77. The molecule has 1 N–H and O–H groups in total. The summed E-state index contributed by atoms with van der Waals surface area (Å²) < 4.78 is 13.8. The van der Waals surface area contributed by atoms with Gasteiger partial charge in [-0.25, -0.2) is 4.39 Å². The van der Waals surface area contributed by atoms with Crippen LogP contribution in [-0.2, 0) is 0 Å². The summed E-state index contributed by atoms with van der Waals surface area (Å²) in [6.07, 6.45) is 4.84. The second kappa shape index (κ2) is 5.57. The first-order valence-corrected chi connectivity index (χ1v) is 7.18. The molecule has 2 rings (SSSR count). The van der Waals surface area contributed by atoms with Crippen LogP contribution in [-0.4, -0.2) is 6.04 Å². The molecule has 2 atom stereocenters. The molecule has 1 fully saturated rings. The van der Waals surface area contributed by atoms with Gasteiger partial charge in [-0.05, 0) is 53.2 Å². The molecule has 0 aliphatic heterocycles. The molecule has 1 aromatic carbocycles. The molecule has 1 nitrogen and oxygen atoms in total. The molecule has 0 spiro atoms. The van der Waals surface area contributed by atoms with Gasteiger partial charge in [-0.3, -0.25) is 0 Å². The Balaban J connectivity index is 2.09. The zero-order valence-corrected chi connectivity index (χ0v) is 12.1. The molecular weight excluding hydrogens is 305 g/mol. The molecule has 94 valence electrons. The molecule has 0 heterocycles. The molecule has 1 saturated carbocycles. The van der Waals surface area contributed by atoms with E-state index >= 15 is 0 Å². The minimum absolute atomic E-state index is 0.315. The number of benzene rings is 1. The molecule has 0 bridgehead atoms. The van der Waals surface area contributed by atoms with E-state index in [-0.39, 0.29) is 5.82 Å². The van der Waals surface area contributed by atoms with Gasteiger partial charge in [0.2, 0.25) is 0 Å². The van der Waals surface area contributed by atoms with E-state index < -0.39 is 0 Å². The number of hydrogen-bond donors (Lipinski definition) is 1. The smallest absolute Gasteiger partial charge is 0.125 e. The number of rotatable bonds is 3. The predicted molar refractivity (Wildman–Crippen MR) is 74.2 cm³/mol. The van der Waals surface area contributed by atoms with Gasteiger partial charge in [-0.1, -0.05) is 24.9 Å². The van der Waals surface area contributed by atoms with Gasteiger partial charge in [0.1, 0.15) is 5.82 Å². The monoisotopic (exact) mass is 319 g/mol. The maximum atomic E-state index is 13.1. The molecule has 2 unspecified atom stereocenters. The summed E-state index contributed by atoms with van der Waals surface area (Å²) >= 11 is 9.40. The van der Waals surface area contributed by atoms with Crippen LogP contribution in [0.25, 0.3) is 0 Å². The molecule has 0 radical (unpaired) electrons. The molecule has 0 saturated heterocycles. The van der Waals surface area contributed by atoms with Crippen molar-refractivity contribution in [1.29, 1.82) is 0 Å². The third-order valence-corrected chi connectivity index (χ3v) is 4.40. The number of anilines is 1. The van der Waals surface area contributed by atoms with Crippen LogP contribution in [0.2, 0.25) is 5.02 Å². The van der Waals surface area contributed by atoms with Crippen molar-refractivity contribution >= 4 is 33.2 Å². The van der Waals surface area contributed by atoms with Crippen molar-refractivity contribution in [1.82, 2.24) is 0 Å². The van der Waals surface area contributed by atoms with Gasteiger partial charge < -0.3 is 5.32 Å². The van der Waals surface area contributed by atoms with Crippen LogP contribution in [0.1, 0.15) is 32.6 Å². The largest absolute Gasteiger partial charge is 0.380 e. The maximum absolute atomic E-state index is 13.1. The van der Waals surface area contributed by atoms with Crippen LogP contribution in [0.4, 0.5) is 10.1 Å². The van der Waals surface area contributed by atoms with Crippen LogP contribution in [0.15, 0.2) is 16.6 Å². The topological polar surface area (TPSA) is 12.0 Å². The molecule has 1 aliphatic rings. The lowest BCUT2D eigenvalue weighted by atomic mass is 10.1. The fourth-order valence-corrected chi connectivity index (χ4v) is 3.38. The highest BCUT2D eigenvalue weighted by molar-refractivity contribution is 9.10. The Morgan fingerprint density at radius 1 is 1.47 bits per heavy atom. The highest BCUT2D eigenvalue weighted by Gasteiger charge is 2.24. The highest BCUT2D eigenvalue weighted by Crippen LogP contribution is 2.36. The molecule has 0 aromatic heterocycles. The van der Waals surface area contributed by atoms with Crippen molar-refractivity contribution in [3.8, 4) is 0 Å². The lowest BCUT2D eigenvalue weighted by molar-refractivity contribution is 0.525. The van der Waals surface area contributed by atoms with E-state index in [2.05, 4.69) is 28.2 Å². The Kier molecular flexibility index (Phi) is 4.31. The van der Waals surface area contributed by atoms with E-state index in [4.69, 9.17) is 11.6 Å². The molecule has 17 heavy (non-hydrogen) atoms. The van der Waals surface area contributed by atoms with E-state index in [1.807, 2.05) is 0 Å². The molecule has 4 heteroatoms. The summed E-state index contributed by atoms with van der Waals surface area (Å²) in [5.74, 6) is 0.496. The van der Waals surface area contributed by atoms with E-state index in [1.54, 1.807) is 0 Å². The Labute approximate surface area is 115 Å². The Morgan fingerprint density at radius 2 is 2.24 bits per heavy atom. The zero-order chi connectivity index (χ0) is 12.4. The van der Waals surface area contributed by atoms with E-state index in [0.717, 1.165) is 11.6 Å². The van der Waals surface area contributed by atoms with Gasteiger partial charge in [0.05, 0.1) is 10.7 Å². The SMILES string of the molecule is CCC1CCC(Nc2c(Cl)cc(F)cc2Br)C1. The standard InChI is InChI=1S/C13H16BrClFN/c1-2-8-3-4-10(5-8)17-13-11(14)6-9(16)7-12(13)15/h6-8,10,17H,2-5H2,1H3. The lowest BCUT2D eigenvalue weighted by Crippen LogP contribution is -2.16. The molecule has 1 aliphatic carbocycles. The fourth-order valence-electron chi connectivity index (χ4n) is 2.46. The number of hydrogen-bond acceptors (Lipinski definition) is 1. The maximum Gasteiger partial charge on any atom is 0.125 e. The van der Waals surface area contributed by atoms with Crippen molar-refractivity contribution in [3.05, 3.63) is 27.4 Å². The second-order valence-electron chi connectivity index (χ2n) is 4.67. The van der Waals surface area contributed by atoms with Gasteiger partial charge in [-0.2, -0.15) is 0 Å². The van der Waals surface area contributed by atoms with Crippen molar-refractivity contribution in [2.45, 2.75) is 38.6 Å². The number of nitrogens with one attached hydrogen (secondary N) is 1. The highest BCUT2D eigenvalue weighted by atomic mass is 79.9. The minimum Gasteiger partial charge on any atom is -0.380 e. The summed E-state index contributed by atoms with van der Waals surface area (Å²) in [5, 5.41) is 3.86. The van der Waals surface area contributed by atoms with Crippen molar-refractivity contribution in [3.63, 3.8) is 0 Å². The molecule has 0 amide bonds. The quantitative estimate of drug-likeness (QED) is 0.804. The first-order valence-electron chi connectivity index (χ1n) is 6.01.